The highest BCUT2D eigenvalue weighted by molar-refractivity contribution is 8.00. The van der Waals surface area contributed by atoms with Crippen LogP contribution in [0.4, 0.5) is 4.79 Å². The van der Waals surface area contributed by atoms with Crippen LogP contribution in [0.2, 0.25) is 0 Å². The third kappa shape index (κ3) is 3.20. The summed E-state index contributed by atoms with van der Waals surface area (Å²) in [6, 6.07) is 0.278. The van der Waals surface area contributed by atoms with Gasteiger partial charge in [0.2, 0.25) is 0 Å². The Morgan fingerprint density at radius 3 is 2.67 bits per heavy atom. The van der Waals surface area contributed by atoms with Crippen LogP contribution < -0.4 is 5.32 Å². The van der Waals surface area contributed by atoms with Crippen LogP contribution >= 0.6 is 11.8 Å². The third-order valence-electron chi connectivity index (χ3n) is 4.48. The van der Waals surface area contributed by atoms with Crippen LogP contribution in [0.15, 0.2) is 0 Å². The standard InChI is InChI=1S/C15H26N4OS/c1-9(14-10(2)17-18(6)12(14)4)16-15(20)19-7-8-21-13(5)11(19)3/h9,11,13H,7-8H2,1-6H3,(H,16,20)/t9-,11+,13-/m0/s1. The fourth-order valence-electron chi connectivity index (χ4n) is 2.98. The maximum atomic E-state index is 12.5. The van der Waals surface area contributed by atoms with Crippen LogP contribution in [0.1, 0.15) is 43.8 Å². The Labute approximate surface area is 131 Å². The van der Waals surface area contributed by atoms with Gasteiger partial charge in [0.1, 0.15) is 0 Å². The minimum absolute atomic E-state index is 0.0247. The summed E-state index contributed by atoms with van der Waals surface area (Å²) in [5.41, 5.74) is 3.22. The first-order chi connectivity index (χ1) is 9.82. The van der Waals surface area contributed by atoms with E-state index >= 15 is 0 Å². The molecule has 2 rings (SSSR count). The number of carbonyl (C=O) groups excluding carboxylic acids is 1. The molecule has 1 N–H and O–H groups in total. The molecule has 2 heterocycles. The zero-order chi connectivity index (χ0) is 15.7. The third-order valence-corrected chi connectivity index (χ3v) is 5.82. The second-order valence-electron chi connectivity index (χ2n) is 5.89. The van der Waals surface area contributed by atoms with Crippen molar-refractivity contribution in [1.29, 1.82) is 0 Å². The number of urea groups is 1. The quantitative estimate of drug-likeness (QED) is 0.913. The lowest BCUT2D eigenvalue weighted by Gasteiger charge is -2.38. The number of aromatic nitrogens is 2. The van der Waals surface area contributed by atoms with Gasteiger partial charge < -0.3 is 10.2 Å². The summed E-state index contributed by atoms with van der Waals surface area (Å²) in [6.07, 6.45) is 0. The largest absolute Gasteiger partial charge is 0.331 e. The van der Waals surface area contributed by atoms with Crippen LogP contribution in [0, 0.1) is 13.8 Å². The Balaban J connectivity index is 2.08. The Bertz CT molecular complexity index is 528. The van der Waals surface area contributed by atoms with Gasteiger partial charge in [-0.2, -0.15) is 16.9 Å². The fraction of sp³-hybridized carbons (Fsp3) is 0.733. The number of nitrogens with one attached hydrogen (secondary N) is 1. The molecule has 21 heavy (non-hydrogen) atoms. The van der Waals surface area contributed by atoms with Gasteiger partial charge in [0.25, 0.3) is 0 Å². The lowest BCUT2D eigenvalue weighted by Crippen LogP contribution is -2.52. The Morgan fingerprint density at radius 2 is 2.10 bits per heavy atom. The van der Waals surface area contributed by atoms with Crippen LogP contribution in [0.3, 0.4) is 0 Å². The van der Waals surface area contributed by atoms with Gasteiger partial charge in [-0.05, 0) is 27.7 Å². The van der Waals surface area contributed by atoms with Gasteiger partial charge in [0.05, 0.1) is 11.7 Å². The molecule has 0 aliphatic carbocycles. The highest BCUT2D eigenvalue weighted by Crippen LogP contribution is 2.25. The van der Waals surface area contributed by atoms with Crippen molar-refractivity contribution in [3.8, 4) is 0 Å². The number of nitrogens with zero attached hydrogens (tertiary/aromatic N) is 3. The topological polar surface area (TPSA) is 50.2 Å². The first-order valence-electron chi connectivity index (χ1n) is 7.51. The molecule has 0 spiro atoms. The molecule has 118 valence electrons. The van der Waals surface area contributed by atoms with Crippen molar-refractivity contribution in [2.45, 2.75) is 52.0 Å². The normalized spacial score (nSPS) is 24.0. The van der Waals surface area contributed by atoms with Crippen molar-refractivity contribution >= 4 is 17.8 Å². The van der Waals surface area contributed by atoms with E-state index in [9.17, 15) is 4.79 Å². The molecule has 1 aromatic rings. The van der Waals surface area contributed by atoms with E-state index in [0.29, 0.717) is 5.25 Å². The minimum atomic E-state index is -0.0247. The maximum Gasteiger partial charge on any atom is 0.318 e. The molecule has 1 aromatic heterocycles. The first kappa shape index (κ1) is 16.2. The summed E-state index contributed by atoms with van der Waals surface area (Å²) in [5, 5.41) is 8.05. The Morgan fingerprint density at radius 1 is 1.43 bits per heavy atom. The van der Waals surface area contributed by atoms with E-state index in [2.05, 4.69) is 24.3 Å². The smallest absolute Gasteiger partial charge is 0.318 e. The lowest BCUT2D eigenvalue weighted by atomic mass is 10.1. The minimum Gasteiger partial charge on any atom is -0.331 e. The van der Waals surface area contributed by atoms with Crippen LogP contribution in [-0.4, -0.2) is 44.3 Å². The lowest BCUT2D eigenvalue weighted by molar-refractivity contribution is 0.177. The second-order valence-corrected chi connectivity index (χ2v) is 7.37. The highest BCUT2D eigenvalue weighted by Gasteiger charge is 2.30. The summed E-state index contributed by atoms with van der Waals surface area (Å²) < 4.78 is 1.87. The molecule has 6 heteroatoms. The van der Waals surface area contributed by atoms with E-state index < -0.39 is 0 Å². The number of aryl methyl sites for hydroxylation is 2. The number of hydrogen-bond donors (Lipinski definition) is 1. The predicted molar refractivity (Wildman–Crippen MR) is 87.7 cm³/mol. The van der Waals surface area contributed by atoms with Crippen molar-refractivity contribution in [3.63, 3.8) is 0 Å². The Hall–Kier alpha value is -1.17. The van der Waals surface area contributed by atoms with Crippen molar-refractivity contribution in [2.75, 3.05) is 12.3 Å². The molecule has 0 unspecified atom stereocenters. The molecule has 1 aliphatic rings. The molecule has 0 saturated carbocycles. The predicted octanol–water partition coefficient (Wildman–Crippen LogP) is 2.63. The molecule has 2 amide bonds. The summed E-state index contributed by atoms with van der Waals surface area (Å²) >= 11 is 1.94. The molecule has 0 aromatic carbocycles. The zero-order valence-corrected chi connectivity index (χ0v) is 14.6. The molecule has 0 bridgehead atoms. The molecule has 3 atom stereocenters. The average molecular weight is 310 g/mol. The molecule has 1 aliphatic heterocycles. The number of thioether (sulfide) groups is 1. The van der Waals surface area contributed by atoms with Gasteiger partial charge in [-0.25, -0.2) is 4.79 Å². The summed E-state index contributed by atoms with van der Waals surface area (Å²) in [6.45, 7) is 11.2. The molecular weight excluding hydrogens is 284 g/mol. The first-order valence-corrected chi connectivity index (χ1v) is 8.56. The number of amides is 2. The monoisotopic (exact) mass is 310 g/mol. The number of hydrogen-bond acceptors (Lipinski definition) is 3. The van der Waals surface area contributed by atoms with Crippen LogP contribution in [0.25, 0.3) is 0 Å². The molecule has 0 radical (unpaired) electrons. The molecule has 5 nitrogen and oxygen atoms in total. The van der Waals surface area contributed by atoms with Crippen molar-refractivity contribution in [2.24, 2.45) is 7.05 Å². The second kappa shape index (κ2) is 6.30. The van der Waals surface area contributed by atoms with E-state index in [4.69, 9.17) is 0 Å². The van der Waals surface area contributed by atoms with Gasteiger partial charge in [0.15, 0.2) is 0 Å². The van der Waals surface area contributed by atoms with E-state index in [-0.39, 0.29) is 18.1 Å². The van der Waals surface area contributed by atoms with E-state index in [1.165, 1.54) is 0 Å². The van der Waals surface area contributed by atoms with Gasteiger partial charge in [-0.15, -0.1) is 0 Å². The molecular formula is C15H26N4OS. The molecule has 1 saturated heterocycles. The SMILES string of the molecule is Cc1nn(C)c(C)c1[C@H](C)NC(=O)N1CCS[C@@H](C)[C@H]1C. The van der Waals surface area contributed by atoms with Crippen molar-refractivity contribution < 1.29 is 4.79 Å². The zero-order valence-electron chi connectivity index (χ0n) is 13.8. The van der Waals surface area contributed by atoms with Crippen LogP contribution in [-0.2, 0) is 7.05 Å². The van der Waals surface area contributed by atoms with Gasteiger partial charge in [0, 0.05) is 41.9 Å². The maximum absolute atomic E-state index is 12.5. The van der Waals surface area contributed by atoms with Crippen molar-refractivity contribution in [1.82, 2.24) is 20.0 Å². The van der Waals surface area contributed by atoms with E-state index in [1.54, 1.807) is 0 Å². The van der Waals surface area contributed by atoms with Crippen LogP contribution in [0.5, 0.6) is 0 Å². The van der Waals surface area contributed by atoms with E-state index in [0.717, 1.165) is 29.2 Å². The summed E-state index contributed by atoms with van der Waals surface area (Å²) in [7, 11) is 1.94. The molecule has 1 fully saturated rings. The van der Waals surface area contributed by atoms with Gasteiger partial charge >= 0.3 is 6.03 Å². The average Bonchev–Trinajstić information content (AvgIpc) is 2.66. The van der Waals surface area contributed by atoms with Gasteiger partial charge in [-0.1, -0.05) is 6.92 Å². The highest BCUT2D eigenvalue weighted by atomic mass is 32.2. The summed E-state index contributed by atoms with van der Waals surface area (Å²) in [5.74, 6) is 1.01. The van der Waals surface area contributed by atoms with Crippen molar-refractivity contribution in [3.05, 3.63) is 17.0 Å². The number of carbonyl (C=O) groups is 1. The summed E-state index contributed by atoms with van der Waals surface area (Å²) in [4.78, 5) is 14.5. The van der Waals surface area contributed by atoms with Gasteiger partial charge in [-0.3, -0.25) is 4.68 Å². The number of rotatable bonds is 2. The van der Waals surface area contributed by atoms with E-state index in [1.807, 2.05) is 49.2 Å². The fourth-order valence-corrected chi connectivity index (χ4v) is 4.08. The Kier molecular flexibility index (Phi) is 4.86.